The molecule has 1 aliphatic heterocycles. The van der Waals surface area contributed by atoms with Crippen molar-refractivity contribution in [2.24, 2.45) is 0 Å². The summed E-state index contributed by atoms with van der Waals surface area (Å²) < 4.78 is 7.21. The molecule has 1 heterocycles. The first kappa shape index (κ1) is 18.9. The summed E-state index contributed by atoms with van der Waals surface area (Å²) in [6.07, 6.45) is 1.38. The van der Waals surface area contributed by atoms with Crippen LogP contribution in [-0.4, -0.2) is 25.0 Å². The van der Waals surface area contributed by atoms with Crippen LogP contribution in [0.15, 0.2) is 45.3 Å². The molecule has 0 bridgehead atoms. The maximum Gasteiger partial charge on any atom is 0.262 e. The number of halogens is 2. The third-order valence-electron chi connectivity index (χ3n) is 4.03. The van der Waals surface area contributed by atoms with Crippen LogP contribution in [0.1, 0.15) is 18.4 Å². The molecular formula is C19H18Br2N2O3. The molecule has 136 valence electrons. The van der Waals surface area contributed by atoms with Gasteiger partial charge in [0.2, 0.25) is 5.91 Å². The van der Waals surface area contributed by atoms with Gasteiger partial charge in [-0.05, 0) is 75.0 Å². The minimum atomic E-state index is -0.288. The highest BCUT2D eigenvalue weighted by atomic mass is 79.9. The van der Waals surface area contributed by atoms with Gasteiger partial charge in [-0.25, -0.2) is 0 Å². The van der Waals surface area contributed by atoms with Gasteiger partial charge in [0.25, 0.3) is 5.91 Å². The molecule has 0 atom stereocenters. The molecule has 0 radical (unpaired) electrons. The molecule has 1 N–H and O–H groups in total. The Hall–Kier alpha value is -1.86. The molecule has 26 heavy (non-hydrogen) atoms. The summed E-state index contributed by atoms with van der Waals surface area (Å²) in [6.45, 7) is 2.51. The number of carbonyl (C=O) groups is 2. The van der Waals surface area contributed by atoms with Gasteiger partial charge < -0.3 is 15.0 Å². The van der Waals surface area contributed by atoms with E-state index in [0.29, 0.717) is 24.4 Å². The summed E-state index contributed by atoms with van der Waals surface area (Å²) in [5.74, 6) is 0.368. The molecule has 0 aliphatic carbocycles. The minimum Gasteiger partial charge on any atom is -0.481 e. The highest BCUT2D eigenvalue weighted by Gasteiger charge is 2.24. The maximum absolute atomic E-state index is 12.4. The molecule has 2 amide bonds. The molecule has 0 spiro atoms. The average molecular weight is 482 g/mol. The molecule has 0 saturated carbocycles. The molecule has 1 saturated heterocycles. The zero-order chi connectivity index (χ0) is 18.7. The van der Waals surface area contributed by atoms with Gasteiger partial charge in [0.15, 0.2) is 6.61 Å². The van der Waals surface area contributed by atoms with Crippen molar-refractivity contribution < 1.29 is 14.3 Å². The molecule has 0 unspecified atom stereocenters. The van der Waals surface area contributed by atoms with E-state index in [1.54, 1.807) is 11.0 Å². The number of para-hydroxylation sites is 2. The van der Waals surface area contributed by atoms with Gasteiger partial charge in [0.1, 0.15) is 5.75 Å². The van der Waals surface area contributed by atoms with Crippen molar-refractivity contribution in [2.45, 2.75) is 19.8 Å². The topological polar surface area (TPSA) is 58.6 Å². The molecule has 7 heteroatoms. The zero-order valence-electron chi connectivity index (χ0n) is 14.2. The Balaban J connectivity index is 1.69. The van der Waals surface area contributed by atoms with E-state index in [9.17, 15) is 9.59 Å². The van der Waals surface area contributed by atoms with Crippen LogP contribution < -0.4 is 15.0 Å². The molecule has 5 nitrogen and oxygen atoms in total. The Kier molecular flexibility index (Phi) is 5.98. The normalized spacial score (nSPS) is 13.8. The number of rotatable bonds is 5. The Labute approximate surface area is 169 Å². The van der Waals surface area contributed by atoms with Crippen molar-refractivity contribution in [2.75, 3.05) is 23.4 Å². The van der Waals surface area contributed by atoms with Crippen LogP contribution in [0.4, 0.5) is 11.4 Å². The van der Waals surface area contributed by atoms with Crippen LogP contribution in [0, 0.1) is 6.92 Å². The van der Waals surface area contributed by atoms with E-state index >= 15 is 0 Å². The Bertz CT molecular complexity index is 831. The van der Waals surface area contributed by atoms with E-state index in [4.69, 9.17) is 4.74 Å². The van der Waals surface area contributed by atoms with E-state index in [0.717, 1.165) is 26.6 Å². The van der Waals surface area contributed by atoms with Gasteiger partial charge in [0, 0.05) is 13.0 Å². The molecule has 1 fully saturated rings. The van der Waals surface area contributed by atoms with Crippen molar-refractivity contribution >= 4 is 55.0 Å². The smallest absolute Gasteiger partial charge is 0.262 e. The first-order chi connectivity index (χ1) is 12.5. The lowest BCUT2D eigenvalue weighted by molar-refractivity contribution is -0.118. The molecule has 2 aromatic rings. The van der Waals surface area contributed by atoms with Crippen molar-refractivity contribution in [1.29, 1.82) is 0 Å². The molecule has 0 aromatic heterocycles. The first-order valence-corrected chi connectivity index (χ1v) is 9.82. The number of aryl methyl sites for hydroxylation is 1. The number of nitrogens with one attached hydrogen (secondary N) is 1. The Morgan fingerprint density at radius 3 is 2.58 bits per heavy atom. The second kappa shape index (κ2) is 8.22. The van der Waals surface area contributed by atoms with Crippen LogP contribution in [0.2, 0.25) is 0 Å². The number of carbonyl (C=O) groups excluding carboxylic acids is 2. The van der Waals surface area contributed by atoms with E-state index in [1.165, 1.54) is 0 Å². The first-order valence-electron chi connectivity index (χ1n) is 8.23. The number of hydrogen-bond acceptors (Lipinski definition) is 3. The number of hydrogen-bond donors (Lipinski definition) is 1. The number of ether oxygens (including phenoxy) is 1. The monoisotopic (exact) mass is 480 g/mol. The quantitative estimate of drug-likeness (QED) is 0.675. The predicted octanol–water partition coefficient (Wildman–Crippen LogP) is 4.66. The van der Waals surface area contributed by atoms with Gasteiger partial charge in [-0.15, -0.1) is 0 Å². The van der Waals surface area contributed by atoms with Crippen molar-refractivity contribution in [3.8, 4) is 5.75 Å². The van der Waals surface area contributed by atoms with E-state index in [-0.39, 0.29) is 18.4 Å². The van der Waals surface area contributed by atoms with Gasteiger partial charge >= 0.3 is 0 Å². The maximum atomic E-state index is 12.4. The summed E-state index contributed by atoms with van der Waals surface area (Å²) in [5.41, 5.74) is 2.41. The van der Waals surface area contributed by atoms with E-state index in [2.05, 4.69) is 37.2 Å². The highest BCUT2D eigenvalue weighted by molar-refractivity contribution is 9.11. The van der Waals surface area contributed by atoms with Crippen LogP contribution in [0.3, 0.4) is 0 Å². The van der Waals surface area contributed by atoms with Crippen LogP contribution in [-0.2, 0) is 9.59 Å². The largest absolute Gasteiger partial charge is 0.481 e. The molecule has 2 aromatic carbocycles. The van der Waals surface area contributed by atoms with E-state index in [1.807, 2.05) is 37.3 Å². The van der Waals surface area contributed by atoms with Crippen molar-refractivity contribution in [3.63, 3.8) is 0 Å². The SMILES string of the molecule is Cc1cc(Br)c(OCC(=O)Nc2ccccc2N2CCCC2=O)c(Br)c1. The standard InChI is InChI=1S/C19H18Br2N2O3/c1-12-9-13(20)19(14(21)10-12)26-11-17(24)22-15-5-2-3-6-16(15)23-8-4-7-18(23)25/h2-3,5-6,9-10H,4,7-8,11H2,1H3,(H,22,24). The molecule has 3 rings (SSSR count). The molecular weight excluding hydrogens is 464 g/mol. The van der Waals surface area contributed by atoms with Crippen LogP contribution in [0.5, 0.6) is 5.75 Å². The number of anilines is 2. The van der Waals surface area contributed by atoms with Gasteiger partial charge in [-0.2, -0.15) is 0 Å². The number of amides is 2. The summed E-state index contributed by atoms with van der Waals surface area (Å²) in [5, 5.41) is 2.84. The van der Waals surface area contributed by atoms with Gasteiger partial charge in [0.05, 0.1) is 20.3 Å². The predicted molar refractivity (Wildman–Crippen MR) is 109 cm³/mol. The second-order valence-corrected chi connectivity index (χ2v) is 7.77. The fourth-order valence-corrected chi connectivity index (χ4v) is 4.51. The Morgan fingerprint density at radius 1 is 1.23 bits per heavy atom. The van der Waals surface area contributed by atoms with E-state index < -0.39 is 0 Å². The second-order valence-electron chi connectivity index (χ2n) is 6.06. The fraction of sp³-hybridized carbons (Fsp3) is 0.263. The van der Waals surface area contributed by atoms with Gasteiger partial charge in [-0.3, -0.25) is 9.59 Å². The zero-order valence-corrected chi connectivity index (χ0v) is 17.4. The lowest BCUT2D eigenvalue weighted by Crippen LogP contribution is -2.27. The third-order valence-corrected chi connectivity index (χ3v) is 5.21. The number of nitrogens with zero attached hydrogens (tertiary/aromatic N) is 1. The summed E-state index contributed by atoms with van der Waals surface area (Å²) in [6, 6.07) is 11.2. The third kappa shape index (κ3) is 4.27. The Morgan fingerprint density at radius 2 is 1.92 bits per heavy atom. The lowest BCUT2D eigenvalue weighted by Gasteiger charge is -2.20. The highest BCUT2D eigenvalue weighted by Crippen LogP contribution is 2.34. The van der Waals surface area contributed by atoms with Crippen LogP contribution >= 0.6 is 31.9 Å². The lowest BCUT2D eigenvalue weighted by atomic mass is 10.2. The molecule has 1 aliphatic rings. The fourth-order valence-electron chi connectivity index (χ4n) is 2.87. The van der Waals surface area contributed by atoms with Crippen molar-refractivity contribution in [3.05, 3.63) is 50.9 Å². The summed E-state index contributed by atoms with van der Waals surface area (Å²) in [4.78, 5) is 26.1. The van der Waals surface area contributed by atoms with Gasteiger partial charge in [-0.1, -0.05) is 12.1 Å². The van der Waals surface area contributed by atoms with Crippen molar-refractivity contribution in [1.82, 2.24) is 0 Å². The summed E-state index contributed by atoms with van der Waals surface area (Å²) in [7, 11) is 0. The van der Waals surface area contributed by atoms with Crippen LogP contribution in [0.25, 0.3) is 0 Å². The minimum absolute atomic E-state index is 0.0791. The summed E-state index contributed by atoms with van der Waals surface area (Å²) >= 11 is 6.89. The average Bonchev–Trinajstić information content (AvgIpc) is 3.00. The number of benzene rings is 2.